The van der Waals surface area contributed by atoms with E-state index in [1.807, 2.05) is 48.5 Å². The minimum Gasteiger partial charge on any atom is -0.497 e. The first-order chi connectivity index (χ1) is 16.1. The van der Waals surface area contributed by atoms with E-state index in [0.717, 1.165) is 11.1 Å². The highest BCUT2D eigenvalue weighted by atomic mass is 16.5. The van der Waals surface area contributed by atoms with E-state index in [2.05, 4.69) is 18.5 Å². The summed E-state index contributed by atoms with van der Waals surface area (Å²) in [6.45, 7) is 8.35. The molecule has 33 heavy (non-hydrogen) atoms. The molecule has 0 unspecified atom stereocenters. The largest absolute Gasteiger partial charge is 0.497 e. The minimum atomic E-state index is -1.23. The zero-order chi connectivity index (χ0) is 23.7. The summed E-state index contributed by atoms with van der Waals surface area (Å²) in [6, 6.07) is 14.7. The second kappa shape index (κ2) is 11.3. The Balaban J connectivity index is 1.99. The highest BCUT2D eigenvalue weighted by Gasteiger charge is 2.52. The number of aliphatic hydroxyl groups is 1. The summed E-state index contributed by atoms with van der Waals surface area (Å²) < 4.78 is 17.3. The molecule has 7 nitrogen and oxygen atoms in total. The Morgan fingerprint density at radius 1 is 1.21 bits per heavy atom. The summed E-state index contributed by atoms with van der Waals surface area (Å²) in [5.74, 6) is 1.43. The van der Waals surface area contributed by atoms with Crippen LogP contribution in [0.5, 0.6) is 11.5 Å². The zero-order valence-corrected chi connectivity index (χ0v) is 18.8. The molecule has 0 spiro atoms. The van der Waals surface area contributed by atoms with Gasteiger partial charge < -0.3 is 24.6 Å². The van der Waals surface area contributed by atoms with Gasteiger partial charge in [-0.2, -0.15) is 0 Å². The van der Waals surface area contributed by atoms with E-state index in [4.69, 9.17) is 24.3 Å². The Bertz CT molecular complexity index is 1000. The summed E-state index contributed by atoms with van der Waals surface area (Å²) in [6.07, 6.45) is 3.46. The summed E-state index contributed by atoms with van der Waals surface area (Å²) in [7, 11) is 1.59. The van der Waals surface area contributed by atoms with E-state index in [1.54, 1.807) is 19.3 Å². The van der Waals surface area contributed by atoms with Crippen molar-refractivity contribution in [2.45, 2.75) is 24.5 Å². The van der Waals surface area contributed by atoms with E-state index in [0.29, 0.717) is 37.0 Å². The van der Waals surface area contributed by atoms with E-state index in [-0.39, 0.29) is 18.9 Å². The molecular weight excluding hydrogens is 420 g/mol. The van der Waals surface area contributed by atoms with E-state index in [1.165, 1.54) is 0 Å². The van der Waals surface area contributed by atoms with Gasteiger partial charge in [0.2, 0.25) is 5.90 Å². The van der Waals surface area contributed by atoms with Crippen molar-refractivity contribution in [3.63, 3.8) is 0 Å². The highest BCUT2D eigenvalue weighted by molar-refractivity contribution is 6.01. The number of rotatable bonds is 12. The van der Waals surface area contributed by atoms with Gasteiger partial charge in [0.15, 0.2) is 11.6 Å². The van der Waals surface area contributed by atoms with Crippen LogP contribution in [0.4, 0.5) is 0 Å². The van der Waals surface area contributed by atoms with Crippen molar-refractivity contribution in [3.05, 3.63) is 85.0 Å². The van der Waals surface area contributed by atoms with Crippen LogP contribution in [-0.4, -0.2) is 49.3 Å². The van der Waals surface area contributed by atoms with Crippen molar-refractivity contribution in [3.8, 4) is 11.5 Å². The maximum absolute atomic E-state index is 13.4. The van der Waals surface area contributed by atoms with E-state index >= 15 is 0 Å². The molecule has 2 aromatic rings. The molecule has 1 heterocycles. The molecule has 0 bridgehead atoms. The molecule has 2 atom stereocenters. The first-order valence-corrected chi connectivity index (χ1v) is 10.8. The van der Waals surface area contributed by atoms with Gasteiger partial charge in [-0.25, -0.2) is 4.99 Å². The lowest BCUT2D eigenvalue weighted by molar-refractivity contribution is -0.128. The van der Waals surface area contributed by atoms with Crippen LogP contribution in [-0.2, 0) is 9.53 Å². The smallest absolute Gasteiger partial charge is 0.252 e. The highest BCUT2D eigenvalue weighted by Crippen LogP contribution is 2.43. The fraction of sp³-hybridized carbons (Fsp3) is 0.308. The topological polar surface area (TPSA) is 89.4 Å². The third-order valence-corrected chi connectivity index (χ3v) is 5.29. The van der Waals surface area contributed by atoms with E-state index < -0.39 is 11.6 Å². The van der Waals surface area contributed by atoms with Crippen LogP contribution in [0.3, 0.4) is 0 Å². The Labute approximate surface area is 194 Å². The van der Waals surface area contributed by atoms with Crippen LogP contribution in [0.1, 0.15) is 30.1 Å². The molecule has 1 aliphatic rings. The van der Waals surface area contributed by atoms with Crippen LogP contribution < -0.4 is 14.8 Å². The molecule has 0 radical (unpaired) electrons. The Morgan fingerprint density at radius 2 is 2.00 bits per heavy atom. The minimum absolute atomic E-state index is 0.0771. The quantitative estimate of drug-likeness (QED) is 0.381. The number of aliphatic hydroxyl groups excluding tert-OH is 1. The van der Waals surface area contributed by atoms with Gasteiger partial charge in [0.05, 0.1) is 13.7 Å². The third-order valence-electron chi connectivity index (χ3n) is 5.29. The fourth-order valence-corrected chi connectivity index (χ4v) is 3.66. The van der Waals surface area contributed by atoms with Gasteiger partial charge in [-0.05, 0) is 42.0 Å². The lowest BCUT2D eigenvalue weighted by Crippen LogP contribution is -2.48. The number of aliphatic imine (C=N–C) groups is 1. The Kier molecular flexibility index (Phi) is 8.27. The van der Waals surface area contributed by atoms with Gasteiger partial charge in [-0.1, -0.05) is 24.3 Å². The summed E-state index contributed by atoms with van der Waals surface area (Å²) in [4.78, 5) is 18.2. The normalized spacial score (nSPS) is 19.2. The van der Waals surface area contributed by atoms with Crippen molar-refractivity contribution in [2.75, 3.05) is 26.9 Å². The van der Waals surface area contributed by atoms with Crippen molar-refractivity contribution in [2.24, 2.45) is 4.99 Å². The first-order valence-electron chi connectivity index (χ1n) is 10.8. The van der Waals surface area contributed by atoms with Crippen molar-refractivity contribution < 1.29 is 24.1 Å². The molecule has 2 aromatic carbocycles. The predicted octanol–water partition coefficient (Wildman–Crippen LogP) is 3.59. The van der Waals surface area contributed by atoms with Crippen molar-refractivity contribution >= 4 is 11.8 Å². The Morgan fingerprint density at radius 3 is 2.67 bits per heavy atom. The lowest BCUT2D eigenvalue weighted by atomic mass is 9.84. The summed E-state index contributed by atoms with van der Waals surface area (Å²) >= 11 is 0. The molecule has 0 fully saturated rings. The molecule has 0 saturated carbocycles. The van der Waals surface area contributed by atoms with Gasteiger partial charge >= 0.3 is 0 Å². The molecule has 0 aliphatic carbocycles. The van der Waals surface area contributed by atoms with Crippen LogP contribution in [0.25, 0.3) is 0 Å². The average Bonchev–Trinajstić information content (AvgIpc) is 3.24. The Hall–Kier alpha value is -3.58. The van der Waals surface area contributed by atoms with Crippen LogP contribution in [0.15, 0.2) is 78.8 Å². The summed E-state index contributed by atoms with van der Waals surface area (Å²) in [5.41, 5.74) is 0.260. The van der Waals surface area contributed by atoms with Gasteiger partial charge in [0.25, 0.3) is 5.91 Å². The van der Waals surface area contributed by atoms with Gasteiger partial charge in [-0.3, -0.25) is 4.79 Å². The standard InChI is InChI=1S/C26H30N2O5/c1-4-14-26(25(30)27-15-5-2)23(20-8-6-9-22(18-20)31-3)33-24(28-26)19-10-12-21(13-11-19)32-17-7-16-29/h4-6,8-13,18,23,29H,1-2,7,14-17H2,3H3,(H,27,30)/t23-,26-/m1/s1. The number of nitrogens with one attached hydrogen (secondary N) is 1. The van der Waals surface area contributed by atoms with Crippen LogP contribution in [0.2, 0.25) is 0 Å². The van der Waals surface area contributed by atoms with Gasteiger partial charge in [0, 0.05) is 31.6 Å². The molecule has 174 valence electrons. The first kappa shape index (κ1) is 24.1. The van der Waals surface area contributed by atoms with Crippen molar-refractivity contribution in [1.29, 1.82) is 0 Å². The molecule has 1 aliphatic heterocycles. The molecule has 7 heteroatoms. The summed E-state index contributed by atoms with van der Waals surface area (Å²) in [5, 5.41) is 11.8. The molecule has 0 aromatic heterocycles. The van der Waals surface area contributed by atoms with E-state index in [9.17, 15) is 4.79 Å². The molecular formula is C26H30N2O5. The number of amides is 1. The van der Waals surface area contributed by atoms with Gasteiger partial charge in [0.1, 0.15) is 11.5 Å². The lowest BCUT2D eigenvalue weighted by Gasteiger charge is -2.29. The number of nitrogens with zero attached hydrogens (tertiary/aromatic N) is 1. The number of ether oxygens (including phenoxy) is 3. The number of hydrogen-bond acceptors (Lipinski definition) is 6. The average molecular weight is 451 g/mol. The van der Waals surface area contributed by atoms with Gasteiger partial charge in [-0.15, -0.1) is 13.2 Å². The number of carbonyl (C=O) groups is 1. The van der Waals surface area contributed by atoms with Crippen LogP contribution in [0, 0.1) is 0 Å². The van der Waals surface area contributed by atoms with Crippen LogP contribution >= 0.6 is 0 Å². The second-order valence-corrected chi connectivity index (χ2v) is 7.56. The monoisotopic (exact) mass is 450 g/mol. The number of carbonyl (C=O) groups excluding carboxylic acids is 1. The maximum Gasteiger partial charge on any atom is 0.252 e. The molecule has 3 rings (SSSR count). The second-order valence-electron chi connectivity index (χ2n) is 7.56. The maximum atomic E-state index is 13.4. The molecule has 0 saturated heterocycles. The molecule has 1 amide bonds. The number of methoxy groups -OCH3 is 1. The number of hydrogen-bond donors (Lipinski definition) is 2. The zero-order valence-electron chi connectivity index (χ0n) is 18.8. The third kappa shape index (κ3) is 5.43. The van der Waals surface area contributed by atoms with Crippen molar-refractivity contribution in [1.82, 2.24) is 5.32 Å². The predicted molar refractivity (Wildman–Crippen MR) is 128 cm³/mol. The fourth-order valence-electron chi connectivity index (χ4n) is 3.66. The molecule has 2 N–H and O–H groups in total. The SMILES string of the molecule is C=CCNC(=O)[C@]1(CC=C)N=C(c2ccc(OCCCO)cc2)O[C@@H]1c1cccc(OC)c1. The number of benzene rings is 2.